The quantitative estimate of drug-likeness (QED) is 0.0774. The number of aryl methyl sites for hydroxylation is 1. The van der Waals surface area contributed by atoms with Crippen molar-refractivity contribution < 1.29 is 53.2 Å². The largest absolute Gasteiger partial charge is 0.480 e. The fourth-order valence-electron chi connectivity index (χ4n) is 5.76. The highest BCUT2D eigenvalue weighted by atomic mass is 16.6. The summed E-state index contributed by atoms with van der Waals surface area (Å²) >= 11 is 0. The number of hydrogen-bond acceptors (Lipinski definition) is 10. The molecular formula is C44H66N6O11. The van der Waals surface area contributed by atoms with Gasteiger partial charge in [0, 0.05) is 18.7 Å². The van der Waals surface area contributed by atoms with E-state index in [0.29, 0.717) is 12.8 Å². The first kappa shape index (κ1) is 51.4. The van der Waals surface area contributed by atoms with E-state index in [4.69, 9.17) is 9.47 Å². The number of ether oxygens (including phenoxy) is 2. The molecule has 338 valence electrons. The predicted octanol–water partition coefficient (Wildman–Crippen LogP) is 4.34. The lowest BCUT2D eigenvalue weighted by Gasteiger charge is -2.26. The lowest BCUT2D eigenvalue weighted by Crippen LogP contribution is -2.60. The van der Waals surface area contributed by atoms with E-state index in [1.165, 1.54) is 19.4 Å². The third kappa shape index (κ3) is 19.9. The number of unbranched alkanes of at least 4 members (excludes halogenated alkanes) is 2. The Labute approximate surface area is 358 Å². The molecule has 2 rings (SSSR count). The highest BCUT2D eigenvalue weighted by molar-refractivity contribution is 5.99. The van der Waals surface area contributed by atoms with Gasteiger partial charge in [0.15, 0.2) is 0 Å². The average Bonchev–Trinajstić information content (AvgIpc) is 3.16. The molecule has 0 saturated carbocycles. The summed E-state index contributed by atoms with van der Waals surface area (Å²) in [5.74, 6) is -4.59. The maximum atomic E-state index is 13.7. The molecule has 0 saturated heterocycles. The number of carboxylic acid groups (broad SMARTS) is 1. The summed E-state index contributed by atoms with van der Waals surface area (Å²) in [7, 11) is 0. The molecule has 0 fully saturated rings. The van der Waals surface area contributed by atoms with E-state index in [2.05, 4.69) is 51.0 Å². The minimum atomic E-state index is -1.61. The Kier molecular flexibility index (Phi) is 20.7. The van der Waals surface area contributed by atoms with Gasteiger partial charge in [-0.15, -0.1) is 0 Å². The van der Waals surface area contributed by atoms with Crippen molar-refractivity contribution in [3.63, 3.8) is 0 Å². The number of carbonyl (C=O) groups is 7. The predicted molar refractivity (Wildman–Crippen MR) is 229 cm³/mol. The number of alkyl carbamates (subject to hydrolysis) is 2. The van der Waals surface area contributed by atoms with E-state index in [1.54, 1.807) is 65.8 Å². The number of carbonyl (C=O) groups excluding carboxylic acids is 6. The van der Waals surface area contributed by atoms with Gasteiger partial charge in [0.05, 0.1) is 6.10 Å². The number of aliphatic hydroxyl groups excluding tert-OH is 1. The van der Waals surface area contributed by atoms with Crippen LogP contribution in [0.2, 0.25) is 0 Å². The summed E-state index contributed by atoms with van der Waals surface area (Å²) < 4.78 is 10.4. The van der Waals surface area contributed by atoms with Crippen molar-refractivity contribution in [1.82, 2.24) is 31.9 Å². The van der Waals surface area contributed by atoms with E-state index in [0.717, 1.165) is 30.4 Å². The molecule has 0 aliphatic rings. The molecule has 0 aliphatic heterocycles. The van der Waals surface area contributed by atoms with Crippen LogP contribution in [0.4, 0.5) is 9.59 Å². The van der Waals surface area contributed by atoms with Gasteiger partial charge in [-0.2, -0.15) is 0 Å². The van der Waals surface area contributed by atoms with Crippen molar-refractivity contribution in [3.8, 4) is 11.1 Å². The van der Waals surface area contributed by atoms with E-state index < -0.39 is 83.3 Å². The minimum Gasteiger partial charge on any atom is -0.480 e. The van der Waals surface area contributed by atoms with Crippen LogP contribution in [0.25, 0.3) is 11.1 Å². The summed E-state index contributed by atoms with van der Waals surface area (Å²) in [6, 6.07) is 9.45. The van der Waals surface area contributed by atoms with E-state index in [9.17, 15) is 43.8 Å². The molecule has 5 atom stereocenters. The molecule has 0 radical (unpaired) electrons. The van der Waals surface area contributed by atoms with Crippen molar-refractivity contribution in [1.29, 1.82) is 0 Å². The maximum absolute atomic E-state index is 13.7. The number of rotatable bonds is 22. The Morgan fingerprint density at radius 1 is 0.623 bits per heavy atom. The van der Waals surface area contributed by atoms with Crippen LogP contribution in [0.5, 0.6) is 0 Å². The van der Waals surface area contributed by atoms with Crippen LogP contribution >= 0.6 is 0 Å². The van der Waals surface area contributed by atoms with Crippen LogP contribution in [0, 0.1) is 0 Å². The van der Waals surface area contributed by atoms with Gasteiger partial charge in [0.1, 0.15) is 35.4 Å². The van der Waals surface area contributed by atoms with Crippen molar-refractivity contribution >= 4 is 41.8 Å². The molecule has 17 heteroatoms. The highest BCUT2D eigenvalue weighted by Crippen LogP contribution is 2.21. The summed E-state index contributed by atoms with van der Waals surface area (Å²) in [5, 5.41) is 35.2. The Morgan fingerprint density at radius 2 is 1.16 bits per heavy atom. The van der Waals surface area contributed by atoms with Crippen molar-refractivity contribution in [2.75, 3.05) is 13.1 Å². The number of amides is 6. The van der Waals surface area contributed by atoms with Crippen LogP contribution in [0.15, 0.2) is 48.5 Å². The molecule has 61 heavy (non-hydrogen) atoms. The van der Waals surface area contributed by atoms with Gasteiger partial charge in [0.25, 0.3) is 5.91 Å². The fraction of sp³-hybridized carbons (Fsp3) is 0.568. The van der Waals surface area contributed by atoms with Gasteiger partial charge in [-0.25, -0.2) is 14.4 Å². The Hall–Kier alpha value is -5.71. The molecule has 0 spiro atoms. The zero-order valence-corrected chi connectivity index (χ0v) is 36.9. The number of nitrogens with one attached hydrogen (secondary N) is 6. The number of aliphatic hydroxyl groups is 1. The molecule has 6 amide bonds. The highest BCUT2D eigenvalue weighted by Gasteiger charge is 2.32. The third-order valence-electron chi connectivity index (χ3n) is 8.99. The van der Waals surface area contributed by atoms with Crippen molar-refractivity contribution in [3.05, 3.63) is 59.7 Å². The Morgan fingerprint density at radius 3 is 1.67 bits per heavy atom. The molecule has 0 unspecified atom stereocenters. The Bertz CT molecular complexity index is 1770. The summed E-state index contributed by atoms with van der Waals surface area (Å²) in [4.78, 5) is 89.6. The van der Waals surface area contributed by atoms with E-state index >= 15 is 0 Å². The molecule has 0 heterocycles. The summed E-state index contributed by atoms with van der Waals surface area (Å²) in [6.45, 7) is 15.0. The topological polar surface area (TPSA) is 251 Å². The SMILES string of the molecule is CCCCc1ccc(-c2ccc(C(=O)N[C@@H](CCNC(=O)OC(C)(C)C)C(=O)N[C@H](C(=O)N[C@@H](C)C(=O)N[C@@H](CCCCNC(=O)OC(C)(C)C)C(=O)O)[C@@H](C)O)cc2)cc1. The average molecular weight is 855 g/mol. The first-order valence-corrected chi connectivity index (χ1v) is 20.8. The smallest absolute Gasteiger partial charge is 0.407 e. The molecule has 2 aromatic rings. The van der Waals surface area contributed by atoms with Gasteiger partial charge in [-0.1, -0.05) is 49.7 Å². The molecule has 0 aromatic heterocycles. The second kappa shape index (κ2) is 24.5. The number of benzene rings is 2. The van der Waals surface area contributed by atoms with Gasteiger partial charge in [-0.3, -0.25) is 19.2 Å². The maximum Gasteiger partial charge on any atom is 0.407 e. The summed E-state index contributed by atoms with van der Waals surface area (Å²) in [5.41, 5.74) is 1.86. The van der Waals surface area contributed by atoms with E-state index in [1.807, 2.05) is 12.1 Å². The minimum absolute atomic E-state index is 0.0249. The molecule has 17 nitrogen and oxygen atoms in total. The lowest BCUT2D eigenvalue weighted by molar-refractivity contribution is -0.142. The molecular weight excluding hydrogens is 789 g/mol. The van der Waals surface area contributed by atoms with Gasteiger partial charge in [0.2, 0.25) is 17.7 Å². The van der Waals surface area contributed by atoms with Gasteiger partial charge >= 0.3 is 18.2 Å². The molecule has 0 bridgehead atoms. The number of hydrogen-bond donors (Lipinski definition) is 8. The van der Waals surface area contributed by atoms with Crippen LogP contribution < -0.4 is 31.9 Å². The van der Waals surface area contributed by atoms with Crippen molar-refractivity contribution in [2.24, 2.45) is 0 Å². The first-order chi connectivity index (χ1) is 28.5. The second-order valence-corrected chi connectivity index (χ2v) is 16.9. The molecule has 0 aliphatic carbocycles. The lowest BCUT2D eigenvalue weighted by atomic mass is 10.0. The zero-order valence-electron chi connectivity index (χ0n) is 36.9. The van der Waals surface area contributed by atoms with Gasteiger partial charge < -0.3 is 51.6 Å². The number of carboxylic acids is 1. The molecule has 8 N–H and O–H groups in total. The normalized spacial score (nSPS) is 13.9. The Balaban J connectivity index is 2.11. The van der Waals surface area contributed by atoms with Crippen LogP contribution in [-0.2, 0) is 35.1 Å². The van der Waals surface area contributed by atoms with Crippen LogP contribution in [0.3, 0.4) is 0 Å². The monoisotopic (exact) mass is 854 g/mol. The zero-order chi connectivity index (χ0) is 45.9. The first-order valence-electron chi connectivity index (χ1n) is 20.8. The molecule has 2 aromatic carbocycles. The van der Waals surface area contributed by atoms with E-state index in [-0.39, 0.29) is 31.5 Å². The van der Waals surface area contributed by atoms with Crippen LogP contribution in [-0.4, -0.2) is 107 Å². The van der Waals surface area contributed by atoms with Crippen LogP contribution in [0.1, 0.15) is 117 Å². The summed E-state index contributed by atoms with van der Waals surface area (Å²) in [6.07, 6.45) is 0.972. The van der Waals surface area contributed by atoms with Crippen molar-refractivity contribution in [2.45, 2.75) is 149 Å². The standard InChI is InChI=1S/C44H66N6O11/c1-10-11-14-29-16-18-30(19-17-29)31-20-22-32(23-21-31)37(53)48-33(24-26-46-42(59)61-44(7,8)9)38(54)50-35(28(3)51)39(55)47-27(2)36(52)49-34(40(56)57)15-12-13-25-45-41(58)60-43(4,5)6/h16-23,27-28,33-35,51H,10-15,24-26H2,1-9H3,(H,45,58)(H,46,59)(H,47,55)(H,48,53)(H,49,52)(H,50,54)(H,56,57)/t27-,28+,33-,34-,35-/m0/s1. The second-order valence-electron chi connectivity index (χ2n) is 16.9. The third-order valence-corrected chi connectivity index (χ3v) is 8.99. The number of aliphatic carboxylic acids is 1. The fourth-order valence-corrected chi connectivity index (χ4v) is 5.76. The van der Waals surface area contributed by atoms with Gasteiger partial charge in [-0.05, 0) is 123 Å².